The van der Waals surface area contributed by atoms with Crippen molar-refractivity contribution in [1.29, 1.82) is 0 Å². The van der Waals surface area contributed by atoms with Gasteiger partial charge in [-0.05, 0) is 38.0 Å². The number of hydrogen-bond donors (Lipinski definition) is 1. The second kappa shape index (κ2) is 9.59. The largest absolute Gasteiger partial charge is 0.507 e. The van der Waals surface area contributed by atoms with Gasteiger partial charge in [-0.3, -0.25) is 9.59 Å². The molecule has 0 bridgehead atoms. The molecule has 2 aromatic rings. The fraction of sp³-hybridized carbons (Fsp3) is 0.333. The van der Waals surface area contributed by atoms with Crippen LogP contribution in [0.4, 0.5) is 0 Å². The molecule has 0 aliphatic carbocycles. The Morgan fingerprint density at radius 2 is 1.83 bits per heavy atom. The number of ketones is 1. The van der Waals surface area contributed by atoms with Crippen LogP contribution in [0, 0.1) is 0 Å². The number of amides is 1. The second-order valence-electron chi connectivity index (χ2n) is 7.44. The molecule has 0 spiro atoms. The lowest BCUT2D eigenvalue weighted by atomic mass is 9.95. The van der Waals surface area contributed by atoms with Gasteiger partial charge < -0.3 is 19.5 Å². The van der Waals surface area contributed by atoms with E-state index in [4.69, 9.17) is 9.47 Å². The van der Waals surface area contributed by atoms with Crippen LogP contribution in [-0.2, 0) is 14.3 Å². The number of likely N-dealkylation sites (tertiary alicyclic amines) is 1. The standard InChI is InChI=1S/C24H27NO5/c1-16(2)30-19-12-7-11-18(15-19)22(26)20-21(17-9-5-4-6-10-17)25(13-8-14-29-3)24(28)23(20)27/h4-7,9-12,15-16,21,26H,8,13-14H2,1-3H3/b22-20-. The van der Waals surface area contributed by atoms with Gasteiger partial charge in [-0.15, -0.1) is 0 Å². The van der Waals surface area contributed by atoms with E-state index in [9.17, 15) is 14.7 Å². The normalized spacial score (nSPS) is 18.3. The molecule has 1 aliphatic rings. The van der Waals surface area contributed by atoms with E-state index in [1.54, 1.807) is 31.4 Å². The lowest BCUT2D eigenvalue weighted by molar-refractivity contribution is -0.140. The highest BCUT2D eigenvalue weighted by molar-refractivity contribution is 6.46. The van der Waals surface area contributed by atoms with Crippen molar-refractivity contribution >= 4 is 17.4 Å². The Balaban J connectivity index is 2.07. The van der Waals surface area contributed by atoms with Crippen molar-refractivity contribution in [3.63, 3.8) is 0 Å². The second-order valence-corrected chi connectivity index (χ2v) is 7.44. The molecule has 1 heterocycles. The average molecular weight is 409 g/mol. The number of aliphatic hydroxyl groups is 1. The Kier molecular flexibility index (Phi) is 6.90. The summed E-state index contributed by atoms with van der Waals surface area (Å²) in [6, 6.07) is 15.5. The van der Waals surface area contributed by atoms with Crippen molar-refractivity contribution in [2.75, 3.05) is 20.3 Å². The molecule has 1 amide bonds. The summed E-state index contributed by atoms with van der Waals surface area (Å²) in [7, 11) is 1.59. The highest BCUT2D eigenvalue weighted by Gasteiger charge is 2.45. The van der Waals surface area contributed by atoms with Gasteiger partial charge in [0.2, 0.25) is 0 Å². The predicted octanol–water partition coefficient (Wildman–Crippen LogP) is 3.93. The number of methoxy groups -OCH3 is 1. The summed E-state index contributed by atoms with van der Waals surface area (Å²) in [5, 5.41) is 11.1. The van der Waals surface area contributed by atoms with Gasteiger partial charge in [-0.25, -0.2) is 0 Å². The minimum Gasteiger partial charge on any atom is -0.507 e. The topological polar surface area (TPSA) is 76.1 Å². The van der Waals surface area contributed by atoms with Gasteiger partial charge in [-0.1, -0.05) is 42.5 Å². The van der Waals surface area contributed by atoms with E-state index in [1.165, 1.54) is 4.90 Å². The van der Waals surface area contributed by atoms with Crippen LogP contribution >= 0.6 is 0 Å². The van der Waals surface area contributed by atoms with Crippen molar-refractivity contribution in [2.45, 2.75) is 32.4 Å². The van der Waals surface area contributed by atoms with Gasteiger partial charge in [-0.2, -0.15) is 0 Å². The number of carbonyl (C=O) groups is 2. The number of rotatable bonds is 8. The summed E-state index contributed by atoms with van der Waals surface area (Å²) in [5.74, 6) is -0.921. The fourth-order valence-electron chi connectivity index (χ4n) is 3.62. The highest BCUT2D eigenvalue weighted by atomic mass is 16.5. The number of hydrogen-bond acceptors (Lipinski definition) is 5. The molecule has 1 N–H and O–H groups in total. The molecule has 3 rings (SSSR count). The number of nitrogens with zero attached hydrogens (tertiary/aromatic N) is 1. The van der Waals surface area contributed by atoms with Crippen LogP contribution in [0.1, 0.15) is 37.4 Å². The van der Waals surface area contributed by atoms with E-state index in [2.05, 4.69) is 0 Å². The van der Waals surface area contributed by atoms with Crippen LogP contribution in [0.15, 0.2) is 60.2 Å². The monoisotopic (exact) mass is 409 g/mol. The molecule has 1 fully saturated rings. The van der Waals surface area contributed by atoms with E-state index >= 15 is 0 Å². The summed E-state index contributed by atoms with van der Waals surface area (Å²) in [5.41, 5.74) is 1.29. The van der Waals surface area contributed by atoms with Crippen LogP contribution in [-0.4, -0.2) is 48.1 Å². The van der Waals surface area contributed by atoms with Gasteiger partial charge in [0.25, 0.3) is 11.7 Å². The van der Waals surface area contributed by atoms with Crippen LogP contribution < -0.4 is 4.74 Å². The van der Waals surface area contributed by atoms with E-state index < -0.39 is 17.7 Å². The third-order valence-electron chi connectivity index (χ3n) is 4.88. The smallest absolute Gasteiger partial charge is 0.295 e. The summed E-state index contributed by atoms with van der Waals surface area (Å²) in [6.07, 6.45) is 0.558. The van der Waals surface area contributed by atoms with Crippen molar-refractivity contribution in [2.24, 2.45) is 0 Å². The first-order chi connectivity index (χ1) is 14.4. The van der Waals surface area contributed by atoms with Crippen LogP contribution in [0.2, 0.25) is 0 Å². The molecule has 6 nitrogen and oxygen atoms in total. The van der Waals surface area contributed by atoms with E-state index in [1.807, 2.05) is 44.2 Å². The third kappa shape index (κ3) is 4.54. The maximum absolute atomic E-state index is 12.9. The van der Waals surface area contributed by atoms with Crippen molar-refractivity contribution < 1.29 is 24.2 Å². The first kappa shape index (κ1) is 21.6. The molecular weight excluding hydrogens is 382 g/mol. The quantitative estimate of drug-likeness (QED) is 0.309. The minimum atomic E-state index is -0.686. The van der Waals surface area contributed by atoms with E-state index in [0.29, 0.717) is 30.9 Å². The predicted molar refractivity (Wildman–Crippen MR) is 114 cm³/mol. The summed E-state index contributed by atoms with van der Waals surface area (Å²) in [6.45, 7) is 4.64. The molecule has 1 unspecified atom stereocenters. The van der Waals surface area contributed by atoms with Gasteiger partial charge in [0.15, 0.2) is 0 Å². The fourth-order valence-corrected chi connectivity index (χ4v) is 3.62. The molecule has 158 valence electrons. The van der Waals surface area contributed by atoms with Crippen molar-refractivity contribution in [1.82, 2.24) is 4.90 Å². The molecule has 0 radical (unpaired) electrons. The highest BCUT2D eigenvalue weighted by Crippen LogP contribution is 2.39. The van der Waals surface area contributed by atoms with Crippen molar-refractivity contribution in [3.8, 4) is 5.75 Å². The Bertz CT molecular complexity index is 936. The molecule has 1 saturated heterocycles. The van der Waals surface area contributed by atoms with Gasteiger partial charge in [0, 0.05) is 25.8 Å². The molecular formula is C24H27NO5. The number of aliphatic hydroxyl groups excluding tert-OH is 1. The Morgan fingerprint density at radius 1 is 1.10 bits per heavy atom. The molecule has 30 heavy (non-hydrogen) atoms. The lowest BCUT2D eigenvalue weighted by Crippen LogP contribution is -2.31. The number of Topliss-reactive ketones (excluding diaryl/α,β-unsaturated/α-hetero) is 1. The number of carbonyl (C=O) groups excluding carboxylic acids is 2. The van der Waals surface area contributed by atoms with Gasteiger partial charge >= 0.3 is 0 Å². The number of benzene rings is 2. The zero-order valence-electron chi connectivity index (χ0n) is 17.5. The third-order valence-corrected chi connectivity index (χ3v) is 4.88. The van der Waals surface area contributed by atoms with E-state index in [-0.39, 0.29) is 17.4 Å². The Morgan fingerprint density at radius 3 is 2.50 bits per heavy atom. The van der Waals surface area contributed by atoms with E-state index in [0.717, 1.165) is 5.56 Å². The first-order valence-electron chi connectivity index (χ1n) is 10.0. The molecule has 1 atom stereocenters. The molecule has 0 saturated carbocycles. The SMILES string of the molecule is COCCCN1C(=O)C(=O)/C(=C(\O)c2cccc(OC(C)C)c2)C1c1ccccc1. The minimum absolute atomic E-state index is 0.0296. The Hall–Kier alpha value is -3.12. The summed E-state index contributed by atoms with van der Waals surface area (Å²) in [4.78, 5) is 27.3. The van der Waals surface area contributed by atoms with Crippen LogP contribution in [0.3, 0.4) is 0 Å². The summed E-state index contributed by atoms with van der Waals surface area (Å²) >= 11 is 0. The van der Waals surface area contributed by atoms with Crippen LogP contribution in [0.5, 0.6) is 5.75 Å². The maximum atomic E-state index is 12.9. The molecule has 0 aromatic heterocycles. The van der Waals surface area contributed by atoms with Crippen molar-refractivity contribution in [3.05, 3.63) is 71.3 Å². The molecule has 2 aromatic carbocycles. The molecule has 6 heteroatoms. The van der Waals surface area contributed by atoms with Gasteiger partial charge in [0.05, 0.1) is 17.7 Å². The summed E-state index contributed by atoms with van der Waals surface area (Å²) < 4.78 is 10.8. The molecule has 1 aliphatic heterocycles. The zero-order chi connectivity index (χ0) is 21.7. The zero-order valence-corrected chi connectivity index (χ0v) is 17.5. The number of ether oxygens (including phenoxy) is 2. The van der Waals surface area contributed by atoms with Crippen LogP contribution in [0.25, 0.3) is 5.76 Å². The maximum Gasteiger partial charge on any atom is 0.295 e. The van der Waals surface area contributed by atoms with Gasteiger partial charge in [0.1, 0.15) is 11.5 Å². The Labute approximate surface area is 176 Å². The first-order valence-corrected chi connectivity index (χ1v) is 10.0. The average Bonchev–Trinajstić information content (AvgIpc) is 2.99. The lowest BCUT2D eigenvalue weighted by Gasteiger charge is -2.25.